The van der Waals surface area contributed by atoms with E-state index in [2.05, 4.69) is 155 Å². The van der Waals surface area contributed by atoms with Gasteiger partial charge in [-0.2, -0.15) is 4.98 Å². The van der Waals surface area contributed by atoms with E-state index in [-0.39, 0.29) is 0 Å². The van der Waals surface area contributed by atoms with Crippen molar-refractivity contribution < 1.29 is 4.42 Å². The fraction of sp³-hybridized carbons (Fsp3) is 0. The normalized spacial score (nSPS) is 11.5. The fourth-order valence-corrected chi connectivity index (χ4v) is 6.60. The molecule has 9 rings (SSSR count). The second-order valence-corrected chi connectivity index (χ2v) is 11.3. The number of anilines is 3. The monoisotopic (exact) mass is 592 g/mol. The molecule has 0 atom stereocenters. The molecule has 0 aliphatic rings. The summed E-state index contributed by atoms with van der Waals surface area (Å²) in [5, 5.41) is 2.50. The lowest BCUT2D eigenvalue weighted by atomic mass is 10.0. The van der Waals surface area contributed by atoms with Crippen molar-refractivity contribution in [3.63, 3.8) is 0 Å². The molecule has 0 unspecified atom stereocenters. The third-order valence-electron chi connectivity index (χ3n) is 8.67. The molecule has 218 valence electrons. The number of nitrogens with zero attached hydrogens (tertiary/aromatic N) is 4. The molecule has 3 heterocycles. The average Bonchev–Trinajstić information content (AvgIpc) is 3.82. The molecule has 6 aromatic carbocycles. The predicted octanol–water partition coefficient (Wildman–Crippen LogP) is 10.8. The van der Waals surface area contributed by atoms with E-state index < -0.39 is 0 Å². The maximum absolute atomic E-state index is 5.78. The smallest absolute Gasteiger partial charge is 0.306 e. The molecule has 9 aromatic rings. The number of rotatable bonds is 6. The first-order chi connectivity index (χ1) is 22.8. The average molecular weight is 593 g/mol. The Hall–Kier alpha value is -6.33. The highest BCUT2D eigenvalue weighted by atomic mass is 16.3. The Labute approximate surface area is 265 Å². The van der Waals surface area contributed by atoms with Crippen LogP contribution in [0.4, 0.5) is 17.1 Å². The summed E-state index contributed by atoms with van der Waals surface area (Å²) in [4.78, 5) is 7.20. The van der Waals surface area contributed by atoms with Crippen molar-refractivity contribution >= 4 is 44.7 Å². The highest BCUT2D eigenvalue weighted by molar-refractivity contribution is 6.09. The summed E-state index contributed by atoms with van der Waals surface area (Å²) in [7, 11) is 0. The number of fused-ring (bicyclic) bond motifs is 4. The molecule has 5 nitrogen and oxygen atoms in total. The van der Waals surface area contributed by atoms with E-state index in [1.807, 2.05) is 22.7 Å². The quantitative estimate of drug-likeness (QED) is 0.193. The van der Waals surface area contributed by atoms with Crippen LogP contribution in [0.15, 0.2) is 175 Å². The Balaban J connectivity index is 1.13. The molecule has 0 saturated heterocycles. The first-order valence-corrected chi connectivity index (χ1v) is 15.4. The fourth-order valence-electron chi connectivity index (χ4n) is 6.60. The number of aromatic nitrogens is 3. The van der Waals surface area contributed by atoms with Gasteiger partial charge in [-0.05, 0) is 60.7 Å². The van der Waals surface area contributed by atoms with Crippen LogP contribution in [-0.2, 0) is 0 Å². The third-order valence-corrected chi connectivity index (χ3v) is 8.67. The molecular formula is C41H28N4O. The van der Waals surface area contributed by atoms with Crippen LogP contribution >= 0.6 is 0 Å². The van der Waals surface area contributed by atoms with Crippen LogP contribution in [0.25, 0.3) is 55.9 Å². The summed E-state index contributed by atoms with van der Waals surface area (Å²) in [5.74, 6) is 0.566. The summed E-state index contributed by atoms with van der Waals surface area (Å²) in [5.41, 5.74) is 10.7. The predicted molar refractivity (Wildman–Crippen MR) is 187 cm³/mol. The molecule has 0 aliphatic carbocycles. The Morgan fingerprint density at radius 2 is 1.02 bits per heavy atom. The van der Waals surface area contributed by atoms with Gasteiger partial charge in [0.1, 0.15) is 12.0 Å². The van der Waals surface area contributed by atoms with Crippen LogP contribution in [0.2, 0.25) is 0 Å². The van der Waals surface area contributed by atoms with Crippen LogP contribution in [0.5, 0.6) is 0 Å². The standard InChI is InChI=1S/C41H28N4O/c1-3-11-31(12-4-1)44(32-13-5-2-6-14-32)33-23-19-29(20-24-33)39-40(43-27-28-46-41(43)42-39)30-21-25-34(26-22-30)45-37-17-9-7-15-35(37)36-16-8-10-18-38(36)45/h1-28H. The van der Waals surface area contributed by atoms with Crippen molar-refractivity contribution in [2.24, 2.45) is 0 Å². The lowest BCUT2D eigenvalue weighted by Crippen LogP contribution is -2.09. The van der Waals surface area contributed by atoms with Crippen LogP contribution < -0.4 is 4.90 Å². The van der Waals surface area contributed by atoms with Gasteiger partial charge in [-0.25, -0.2) is 0 Å². The van der Waals surface area contributed by atoms with Gasteiger partial charge in [-0.1, -0.05) is 97.1 Å². The minimum atomic E-state index is 0.566. The van der Waals surface area contributed by atoms with Crippen molar-refractivity contribution in [2.45, 2.75) is 0 Å². The number of para-hydroxylation sites is 4. The van der Waals surface area contributed by atoms with Crippen LogP contribution in [0.3, 0.4) is 0 Å². The van der Waals surface area contributed by atoms with Gasteiger partial charge < -0.3 is 13.9 Å². The summed E-state index contributed by atoms with van der Waals surface area (Å²) < 4.78 is 10.1. The number of imidazole rings is 1. The third kappa shape index (κ3) is 4.21. The van der Waals surface area contributed by atoms with Gasteiger partial charge in [0, 0.05) is 50.8 Å². The second kappa shape index (κ2) is 10.7. The Bertz CT molecular complexity index is 2360. The summed E-state index contributed by atoms with van der Waals surface area (Å²) in [6, 6.07) is 55.4. The first kappa shape index (κ1) is 26.1. The van der Waals surface area contributed by atoms with E-state index in [4.69, 9.17) is 9.40 Å². The molecule has 0 N–H and O–H groups in total. The van der Waals surface area contributed by atoms with Crippen LogP contribution in [-0.4, -0.2) is 14.0 Å². The summed E-state index contributed by atoms with van der Waals surface area (Å²) in [6.07, 6.45) is 3.62. The number of oxazole rings is 1. The van der Waals surface area contributed by atoms with Crippen molar-refractivity contribution in [3.8, 4) is 28.2 Å². The Morgan fingerprint density at radius 1 is 0.500 bits per heavy atom. The van der Waals surface area contributed by atoms with Gasteiger partial charge in [0.2, 0.25) is 0 Å². The van der Waals surface area contributed by atoms with Crippen LogP contribution in [0, 0.1) is 0 Å². The minimum Gasteiger partial charge on any atom is -0.432 e. The molecular weight excluding hydrogens is 564 g/mol. The molecule has 46 heavy (non-hydrogen) atoms. The van der Waals surface area contributed by atoms with E-state index in [9.17, 15) is 0 Å². The highest BCUT2D eigenvalue weighted by Crippen LogP contribution is 2.38. The molecule has 0 radical (unpaired) electrons. The van der Waals surface area contributed by atoms with Gasteiger partial charge in [-0.3, -0.25) is 4.40 Å². The van der Waals surface area contributed by atoms with Gasteiger partial charge in [0.25, 0.3) is 0 Å². The maximum Gasteiger partial charge on any atom is 0.306 e. The Kier molecular flexibility index (Phi) is 6.06. The molecule has 0 saturated carbocycles. The number of benzene rings is 6. The van der Waals surface area contributed by atoms with E-state index in [1.54, 1.807) is 6.26 Å². The topological polar surface area (TPSA) is 38.6 Å². The molecule has 5 heteroatoms. The SMILES string of the molecule is c1ccc(N(c2ccccc2)c2ccc(-c3nc4occn4c3-c3ccc(-n4c5ccccc5c5ccccc54)cc3)cc2)cc1. The first-order valence-electron chi connectivity index (χ1n) is 15.4. The zero-order valence-electron chi connectivity index (χ0n) is 24.9. The molecule has 0 aliphatic heterocycles. The van der Waals surface area contributed by atoms with E-state index >= 15 is 0 Å². The Morgan fingerprint density at radius 3 is 1.63 bits per heavy atom. The molecule has 0 fully saturated rings. The molecule has 0 spiro atoms. The van der Waals surface area contributed by atoms with Crippen molar-refractivity contribution in [3.05, 3.63) is 170 Å². The van der Waals surface area contributed by atoms with Crippen molar-refractivity contribution in [1.82, 2.24) is 14.0 Å². The molecule has 0 amide bonds. The summed E-state index contributed by atoms with van der Waals surface area (Å²) >= 11 is 0. The van der Waals surface area contributed by atoms with Gasteiger partial charge in [0.15, 0.2) is 0 Å². The van der Waals surface area contributed by atoms with Crippen LogP contribution in [0.1, 0.15) is 0 Å². The number of hydrogen-bond donors (Lipinski definition) is 0. The maximum atomic E-state index is 5.78. The molecule has 0 bridgehead atoms. The van der Waals surface area contributed by atoms with E-state index in [1.165, 1.54) is 21.8 Å². The minimum absolute atomic E-state index is 0.566. The number of hydrogen-bond acceptors (Lipinski definition) is 3. The van der Waals surface area contributed by atoms with Crippen molar-refractivity contribution in [1.29, 1.82) is 0 Å². The van der Waals surface area contributed by atoms with Gasteiger partial charge >= 0.3 is 5.84 Å². The van der Waals surface area contributed by atoms with Gasteiger partial charge in [-0.15, -0.1) is 0 Å². The molecule has 3 aromatic heterocycles. The van der Waals surface area contributed by atoms with Crippen molar-refractivity contribution in [2.75, 3.05) is 4.90 Å². The lowest BCUT2D eigenvalue weighted by molar-refractivity contribution is 0.596. The highest BCUT2D eigenvalue weighted by Gasteiger charge is 2.20. The van der Waals surface area contributed by atoms with E-state index in [0.717, 1.165) is 45.3 Å². The van der Waals surface area contributed by atoms with E-state index in [0.29, 0.717) is 5.84 Å². The zero-order chi connectivity index (χ0) is 30.5. The largest absolute Gasteiger partial charge is 0.432 e. The van der Waals surface area contributed by atoms with Gasteiger partial charge in [0.05, 0.1) is 16.7 Å². The summed E-state index contributed by atoms with van der Waals surface area (Å²) in [6.45, 7) is 0. The second-order valence-electron chi connectivity index (χ2n) is 11.3. The zero-order valence-corrected chi connectivity index (χ0v) is 24.9. The lowest BCUT2D eigenvalue weighted by Gasteiger charge is -2.25.